The van der Waals surface area contributed by atoms with Crippen LogP contribution in [0.4, 0.5) is 0 Å². The summed E-state index contributed by atoms with van der Waals surface area (Å²) in [5.74, 6) is 1.12. The molecule has 0 radical (unpaired) electrons. The Morgan fingerprint density at radius 1 is 1.19 bits per heavy atom. The largest absolute Gasteiger partial charge is 0.486 e. The van der Waals surface area contributed by atoms with Crippen molar-refractivity contribution < 1.29 is 14.3 Å². The lowest BCUT2D eigenvalue weighted by Gasteiger charge is -2.23. The van der Waals surface area contributed by atoms with E-state index in [1.165, 1.54) is 0 Å². The fourth-order valence-electron chi connectivity index (χ4n) is 1.95. The zero-order valence-corrected chi connectivity index (χ0v) is 9.72. The van der Waals surface area contributed by atoms with Crippen molar-refractivity contribution in [1.82, 2.24) is 5.32 Å². The van der Waals surface area contributed by atoms with Crippen LogP contribution in [0.15, 0.2) is 6.07 Å². The van der Waals surface area contributed by atoms with Gasteiger partial charge in [0.25, 0.3) is 5.91 Å². The first kappa shape index (κ1) is 10.8. The van der Waals surface area contributed by atoms with E-state index in [1.807, 2.05) is 19.9 Å². The van der Waals surface area contributed by atoms with Crippen molar-refractivity contribution in [2.24, 2.45) is 0 Å². The molecule has 0 saturated carbocycles. The Bertz CT molecular complexity index is 440. The van der Waals surface area contributed by atoms with Crippen LogP contribution in [0.3, 0.4) is 0 Å². The number of ether oxygens (including phenoxy) is 2. The van der Waals surface area contributed by atoms with Crippen LogP contribution in [0, 0.1) is 13.8 Å². The predicted molar refractivity (Wildman–Crippen MR) is 60.3 cm³/mol. The number of nitrogens with one attached hydrogen (secondary N) is 1. The number of aryl methyl sites for hydroxylation is 2. The highest BCUT2D eigenvalue weighted by Gasteiger charge is 2.24. The van der Waals surface area contributed by atoms with Crippen LogP contribution in [-0.4, -0.2) is 26.2 Å². The van der Waals surface area contributed by atoms with Crippen molar-refractivity contribution >= 4 is 5.91 Å². The molecule has 0 aromatic heterocycles. The molecule has 2 rings (SSSR count). The van der Waals surface area contributed by atoms with Crippen molar-refractivity contribution in [3.63, 3.8) is 0 Å². The second-order valence-corrected chi connectivity index (χ2v) is 3.82. The monoisotopic (exact) mass is 221 g/mol. The summed E-state index contributed by atoms with van der Waals surface area (Å²) in [5, 5.41) is 2.62. The highest BCUT2D eigenvalue weighted by atomic mass is 16.6. The quantitative estimate of drug-likeness (QED) is 0.780. The predicted octanol–water partition coefficient (Wildman–Crippen LogP) is 1.43. The summed E-state index contributed by atoms with van der Waals surface area (Å²) in [6.07, 6.45) is 0. The summed E-state index contributed by atoms with van der Waals surface area (Å²) in [7, 11) is 1.61. The van der Waals surface area contributed by atoms with Gasteiger partial charge in [-0.15, -0.1) is 0 Å². The van der Waals surface area contributed by atoms with Crippen molar-refractivity contribution in [2.45, 2.75) is 13.8 Å². The molecule has 1 amide bonds. The van der Waals surface area contributed by atoms with Crippen molar-refractivity contribution in [3.8, 4) is 11.5 Å². The van der Waals surface area contributed by atoms with Gasteiger partial charge in [0.15, 0.2) is 11.5 Å². The molecule has 1 aliphatic heterocycles. The van der Waals surface area contributed by atoms with Crippen molar-refractivity contribution in [2.75, 3.05) is 20.3 Å². The van der Waals surface area contributed by atoms with Crippen molar-refractivity contribution in [1.29, 1.82) is 0 Å². The maximum absolute atomic E-state index is 11.8. The van der Waals surface area contributed by atoms with E-state index >= 15 is 0 Å². The summed E-state index contributed by atoms with van der Waals surface area (Å²) in [5.41, 5.74) is 2.48. The smallest absolute Gasteiger partial charge is 0.255 e. The first-order chi connectivity index (χ1) is 7.65. The maximum Gasteiger partial charge on any atom is 0.255 e. The number of carbonyl (C=O) groups is 1. The fourth-order valence-corrected chi connectivity index (χ4v) is 1.95. The lowest BCUT2D eigenvalue weighted by molar-refractivity contribution is 0.0951. The van der Waals surface area contributed by atoms with Gasteiger partial charge in [-0.05, 0) is 25.0 Å². The molecule has 16 heavy (non-hydrogen) atoms. The molecular weight excluding hydrogens is 206 g/mol. The third kappa shape index (κ3) is 1.60. The zero-order valence-electron chi connectivity index (χ0n) is 9.72. The van der Waals surface area contributed by atoms with E-state index in [2.05, 4.69) is 5.32 Å². The number of carbonyl (C=O) groups excluding carboxylic acids is 1. The molecule has 4 heteroatoms. The van der Waals surface area contributed by atoms with Crippen LogP contribution < -0.4 is 14.8 Å². The molecule has 1 aliphatic rings. The van der Waals surface area contributed by atoms with Crippen LogP contribution >= 0.6 is 0 Å². The van der Waals surface area contributed by atoms with Gasteiger partial charge >= 0.3 is 0 Å². The Labute approximate surface area is 94.6 Å². The summed E-state index contributed by atoms with van der Waals surface area (Å²) in [6.45, 7) is 4.87. The molecule has 0 atom stereocenters. The number of rotatable bonds is 1. The summed E-state index contributed by atoms with van der Waals surface area (Å²) in [6, 6.07) is 1.94. The molecule has 0 fully saturated rings. The second kappa shape index (κ2) is 4.04. The topological polar surface area (TPSA) is 47.6 Å². The molecule has 1 N–H and O–H groups in total. The lowest BCUT2D eigenvalue weighted by atomic mass is 10.0. The van der Waals surface area contributed by atoms with Crippen molar-refractivity contribution in [3.05, 3.63) is 22.8 Å². The Morgan fingerprint density at radius 3 is 2.44 bits per heavy atom. The van der Waals surface area contributed by atoms with Gasteiger partial charge in [-0.25, -0.2) is 0 Å². The van der Waals surface area contributed by atoms with Gasteiger partial charge in [-0.3, -0.25) is 4.79 Å². The Kier molecular flexibility index (Phi) is 2.73. The highest BCUT2D eigenvalue weighted by Crippen LogP contribution is 2.38. The minimum Gasteiger partial charge on any atom is -0.486 e. The van der Waals surface area contributed by atoms with Crippen LogP contribution in [-0.2, 0) is 0 Å². The number of hydrogen-bond donors (Lipinski definition) is 1. The number of benzene rings is 1. The van der Waals surface area contributed by atoms with Gasteiger partial charge in [-0.1, -0.05) is 6.07 Å². The second-order valence-electron chi connectivity index (χ2n) is 3.82. The summed E-state index contributed by atoms with van der Waals surface area (Å²) >= 11 is 0. The average Bonchev–Trinajstić information content (AvgIpc) is 2.28. The van der Waals surface area contributed by atoms with E-state index in [0.717, 1.165) is 11.1 Å². The van der Waals surface area contributed by atoms with Crippen LogP contribution in [0.5, 0.6) is 11.5 Å². The summed E-state index contributed by atoms with van der Waals surface area (Å²) in [4.78, 5) is 11.8. The van der Waals surface area contributed by atoms with Gasteiger partial charge in [0.1, 0.15) is 13.2 Å². The normalized spacial score (nSPS) is 13.4. The van der Waals surface area contributed by atoms with E-state index in [9.17, 15) is 4.79 Å². The minimum absolute atomic E-state index is 0.140. The molecule has 0 saturated heterocycles. The first-order valence-electron chi connectivity index (χ1n) is 5.27. The molecule has 1 heterocycles. The van der Waals surface area contributed by atoms with E-state index in [1.54, 1.807) is 7.05 Å². The van der Waals surface area contributed by atoms with Crippen LogP contribution in [0.2, 0.25) is 0 Å². The Balaban J connectivity index is 2.63. The Morgan fingerprint density at radius 2 is 1.81 bits per heavy atom. The highest BCUT2D eigenvalue weighted by molar-refractivity contribution is 5.99. The molecular formula is C12H15NO3. The fraction of sp³-hybridized carbons (Fsp3) is 0.417. The van der Waals surface area contributed by atoms with Gasteiger partial charge in [0, 0.05) is 7.05 Å². The summed E-state index contributed by atoms with van der Waals surface area (Å²) < 4.78 is 11.1. The minimum atomic E-state index is -0.140. The molecule has 0 bridgehead atoms. The molecule has 1 aromatic rings. The first-order valence-corrected chi connectivity index (χ1v) is 5.27. The van der Waals surface area contributed by atoms with Gasteiger partial charge < -0.3 is 14.8 Å². The van der Waals surface area contributed by atoms with E-state index in [0.29, 0.717) is 30.3 Å². The molecule has 4 nitrogen and oxygen atoms in total. The SMILES string of the molecule is CNC(=O)c1c(C)cc(C)c2c1OCCO2. The molecule has 86 valence electrons. The number of fused-ring (bicyclic) bond motifs is 1. The Hall–Kier alpha value is -1.71. The maximum atomic E-state index is 11.8. The molecule has 0 unspecified atom stereocenters. The number of amides is 1. The van der Waals surface area contributed by atoms with E-state index < -0.39 is 0 Å². The number of hydrogen-bond acceptors (Lipinski definition) is 3. The molecule has 1 aromatic carbocycles. The van der Waals surface area contributed by atoms with E-state index in [4.69, 9.17) is 9.47 Å². The van der Waals surface area contributed by atoms with Gasteiger partial charge in [0.05, 0.1) is 5.56 Å². The standard InChI is InChI=1S/C12H15NO3/c1-7-6-8(2)10-11(16-5-4-15-10)9(7)12(14)13-3/h6H,4-5H2,1-3H3,(H,13,14). The van der Waals surface area contributed by atoms with Crippen LogP contribution in [0.1, 0.15) is 21.5 Å². The van der Waals surface area contributed by atoms with Gasteiger partial charge in [-0.2, -0.15) is 0 Å². The van der Waals surface area contributed by atoms with Gasteiger partial charge in [0.2, 0.25) is 0 Å². The zero-order chi connectivity index (χ0) is 11.7. The van der Waals surface area contributed by atoms with Crippen LogP contribution in [0.25, 0.3) is 0 Å². The lowest BCUT2D eigenvalue weighted by Crippen LogP contribution is -2.24. The third-order valence-electron chi connectivity index (χ3n) is 2.65. The average molecular weight is 221 g/mol. The molecule has 0 aliphatic carbocycles. The molecule has 0 spiro atoms. The van der Waals surface area contributed by atoms with E-state index in [-0.39, 0.29) is 5.91 Å². The third-order valence-corrected chi connectivity index (χ3v) is 2.65.